The molecule has 0 aliphatic carbocycles. The van der Waals surface area contributed by atoms with E-state index in [-0.39, 0.29) is 35.3 Å². The molecule has 37 heavy (non-hydrogen) atoms. The van der Waals surface area contributed by atoms with Crippen molar-refractivity contribution < 1.29 is 27.4 Å². The number of aromatic nitrogens is 2. The van der Waals surface area contributed by atoms with E-state index in [4.69, 9.17) is 10.5 Å². The van der Waals surface area contributed by atoms with E-state index in [1.807, 2.05) is 32.0 Å². The summed E-state index contributed by atoms with van der Waals surface area (Å²) >= 11 is 0. The van der Waals surface area contributed by atoms with E-state index in [1.54, 1.807) is 6.07 Å². The summed E-state index contributed by atoms with van der Waals surface area (Å²) in [7, 11) is -4.22. The quantitative estimate of drug-likeness (QED) is 0.329. The molecule has 0 aliphatic heterocycles. The molecule has 0 fully saturated rings. The third-order valence-corrected chi connectivity index (χ3v) is 6.94. The van der Waals surface area contributed by atoms with Gasteiger partial charge in [-0.25, -0.2) is 27.3 Å². The molecule has 0 bridgehead atoms. The molecule has 1 atom stereocenters. The summed E-state index contributed by atoms with van der Waals surface area (Å²) < 4.78 is 48.0. The Kier molecular flexibility index (Phi) is 8.49. The second-order valence-corrected chi connectivity index (χ2v) is 11.1. The van der Waals surface area contributed by atoms with Crippen LogP contribution >= 0.6 is 0 Å². The molecule has 11 heteroatoms. The standard InChI is InChI=1S/C26H31FN4O5S/c1-16-7-5-8-17(2)23(16)21-14-22(36-15-19(28)11-12-26(3,4)27)30-25(29-21)31-37(34,35)20-10-6-9-18(13-20)24(32)33/h5-10,13-14,19H,11-12,15,28H2,1-4H3,(H,32,33)(H,29,30,31). The summed E-state index contributed by atoms with van der Waals surface area (Å²) in [6, 6.07) is 11.8. The van der Waals surface area contributed by atoms with Crippen molar-refractivity contribution >= 4 is 21.9 Å². The molecule has 3 rings (SSSR count). The van der Waals surface area contributed by atoms with E-state index in [0.717, 1.165) is 22.8 Å². The molecule has 198 valence electrons. The molecule has 0 saturated heterocycles. The molecule has 1 heterocycles. The number of hydrogen-bond donors (Lipinski definition) is 3. The second kappa shape index (κ2) is 11.2. The van der Waals surface area contributed by atoms with E-state index in [9.17, 15) is 22.7 Å². The summed E-state index contributed by atoms with van der Waals surface area (Å²) in [5.74, 6) is -1.43. The topological polar surface area (TPSA) is 144 Å². The summed E-state index contributed by atoms with van der Waals surface area (Å²) in [5.41, 5.74) is 7.59. The van der Waals surface area contributed by atoms with Crippen LogP contribution in [0.5, 0.6) is 5.88 Å². The minimum atomic E-state index is -4.22. The Balaban J connectivity index is 1.96. The zero-order valence-electron chi connectivity index (χ0n) is 21.2. The van der Waals surface area contributed by atoms with Crippen LogP contribution in [0.25, 0.3) is 11.3 Å². The lowest BCUT2D eigenvalue weighted by atomic mass is 10.00. The van der Waals surface area contributed by atoms with Gasteiger partial charge in [0, 0.05) is 17.7 Å². The van der Waals surface area contributed by atoms with Gasteiger partial charge in [0.25, 0.3) is 10.0 Å². The number of aromatic carboxylic acids is 1. The zero-order valence-corrected chi connectivity index (χ0v) is 22.0. The normalized spacial score (nSPS) is 12.7. The maximum absolute atomic E-state index is 13.8. The van der Waals surface area contributed by atoms with Crippen molar-refractivity contribution in [2.24, 2.45) is 5.73 Å². The number of alkyl halides is 1. The molecule has 0 saturated carbocycles. The van der Waals surface area contributed by atoms with E-state index >= 15 is 0 Å². The maximum Gasteiger partial charge on any atom is 0.335 e. The molecule has 2 aromatic carbocycles. The molecular weight excluding hydrogens is 499 g/mol. The third-order valence-electron chi connectivity index (χ3n) is 5.61. The van der Waals surface area contributed by atoms with Crippen molar-refractivity contribution in [1.29, 1.82) is 0 Å². The van der Waals surface area contributed by atoms with Gasteiger partial charge in [-0.2, -0.15) is 4.98 Å². The van der Waals surface area contributed by atoms with Crippen molar-refractivity contribution in [3.05, 3.63) is 65.2 Å². The zero-order chi connectivity index (χ0) is 27.4. The van der Waals surface area contributed by atoms with Gasteiger partial charge in [-0.3, -0.25) is 0 Å². The van der Waals surface area contributed by atoms with E-state index in [1.165, 1.54) is 32.0 Å². The highest BCUT2D eigenvalue weighted by atomic mass is 32.2. The van der Waals surface area contributed by atoms with Crippen LogP contribution in [0.3, 0.4) is 0 Å². The maximum atomic E-state index is 13.8. The Hall–Kier alpha value is -3.57. The highest BCUT2D eigenvalue weighted by Crippen LogP contribution is 2.29. The fraction of sp³-hybridized carbons (Fsp3) is 0.346. The van der Waals surface area contributed by atoms with Gasteiger partial charge in [0.1, 0.15) is 12.3 Å². The van der Waals surface area contributed by atoms with Gasteiger partial charge in [0.05, 0.1) is 16.2 Å². The SMILES string of the molecule is Cc1cccc(C)c1-c1cc(OCC(N)CCC(C)(C)F)nc(NS(=O)(=O)c2cccc(C(=O)O)c2)n1. The van der Waals surface area contributed by atoms with Gasteiger partial charge in [-0.15, -0.1) is 0 Å². The molecule has 3 aromatic rings. The Morgan fingerprint density at radius 2 is 1.78 bits per heavy atom. The number of anilines is 1. The van der Waals surface area contributed by atoms with Crippen LogP contribution in [0.1, 0.15) is 48.2 Å². The number of carboxylic acid groups (broad SMARTS) is 1. The Bertz CT molecular complexity index is 1370. The molecule has 0 aliphatic rings. The van der Waals surface area contributed by atoms with Gasteiger partial charge >= 0.3 is 5.97 Å². The van der Waals surface area contributed by atoms with Crippen molar-refractivity contribution in [3.8, 4) is 17.1 Å². The van der Waals surface area contributed by atoms with Crippen LogP contribution in [0, 0.1) is 13.8 Å². The first-order valence-electron chi connectivity index (χ1n) is 11.6. The molecule has 0 radical (unpaired) electrons. The Morgan fingerprint density at radius 1 is 1.14 bits per heavy atom. The number of nitrogens with zero attached hydrogens (tertiary/aromatic N) is 2. The van der Waals surface area contributed by atoms with Crippen LogP contribution in [0.2, 0.25) is 0 Å². The number of nitrogens with one attached hydrogen (secondary N) is 1. The molecule has 9 nitrogen and oxygen atoms in total. The van der Waals surface area contributed by atoms with Gasteiger partial charge in [-0.1, -0.05) is 24.3 Å². The van der Waals surface area contributed by atoms with Gasteiger partial charge in [0.15, 0.2) is 0 Å². The first-order chi connectivity index (χ1) is 17.2. The summed E-state index contributed by atoms with van der Waals surface area (Å²) in [6.45, 7) is 6.80. The molecular formula is C26H31FN4O5S. The number of aryl methyl sites for hydroxylation is 2. The van der Waals surface area contributed by atoms with Gasteiger partial charge < -0.3 is 15.6 Å². The van der Waals surface area contributed by atoms with Crippen molar-refractivity contribution in [2.75, 3.05) is 11.3 Å². The third kappa shape index (κ3) is 7.70. The number of hydrogen-bond acceptors (Lipinski definition) is 7. The molecule has 4 N–H and O–H groups in total. The fourth-order valence-corrected chi connectivity index (χ4v) is 4.66. The second-order valence-electron chi connectivity index (χ2n) is 9.45. The van der Waals surface area contributed by atoms with E-state index < -0.39 is 27.7 Å². The highest BCUT2D eigenvalue weighted by molar-refractivity contribution is 7.92. The van der Waals surface area contributed by atoms with Crippen LogP contribution in [0.15, 0.2) is 53.4 Å². The van der Waals surface area contributed by atoms with Crippen LogP contribution < -0.4 is 15.2 Å². The van der Waals surface area contributed by atoms with Crippen LogP contribution in [0.4, 0.5) is 10.3 Å². The summed E-state index contributed by atoms with van der Waals surface area (Å²) in [6.07, 6.45) is 0.646. The number of halogens is 1. The Labute approximate surface area is 216 Å². The number of ether oxygens (including phenoxy) is 1. The summed E-state index contributed by atoms with van der Waals surface area (Å²) in [4.78, 5) is 19.6. The van der Waals surface area contributed by atoms with Crippen molar-refractivity contribution in [3.63, 3.8) is 0 Å². The smallest absolute Gasteiger partial charge is 0.335 e. The molecule has 0 spiro atoms. The van der Waals surface area contributed by atoms with Crippen LogP contribution in [-0.4, -0.2) is 47.8 Å². The minimum Gasteiger partial charge on any atom is -0.478 e. The van der Waals surface area contributed by atoms with Gasteiger partial charge in [-0.05, 0) is 69.9 Å². The van der Waals surface area contributed by atoms with Crippen LogP contribution in [-0.2, 0) is 10.0 Å². The number of rotatable bonds is 11. The highest BCUT2D eigenvalue weighted by Gasteiger charge is 2.21. The fourth-order valence-electron chi connectivity index (χ4n) is 3.67. The number of benzene rings is 2. The van der Waals surface area contributed by atoms with E-state index in [0.29, 0.717) is 12.1 Å². The largest absolute Gasteiger partial charge is 0.478 e. The number of nitrogens with two attached hydrogens (primary N) is 1. The predicted molar refractivity (Wildman–Crippen MR) is 139 cm³/mol. The predicted octanol–water partition coefficient (Wildman–Crippen LogP) is 4.49. The number of carbonyl (C=O) groups is 1. The monoisotopic (exact) mass is 530 g/mol. The Morgan fingerprint density at radius 3 is 2.41 bits per heavy atom. The molecule has 0 amide bonds. The average Bonchev–Trinajstić information content (AvgIpc) is 2.80. The average molecular weight is 531 g/mol. The lowest BCUT2D eigenvalue weighted by Gasteiger charge is -2.18. The first kappa shape index (κ1) is 28.0. The minimum absolute atomic E-state index is 0.0339. The molecule has 1 aromatic heterocycles. The summed E-state index contributed by atoms with van der Waals surface area (Å²) in [5, 5.41) is 9.21. The lowest BCUT2D eigenvalue weighted by molar-refractivity contribution is 0.0696. The van der Waals surface area contributed by atoms with Crippen molar-refractivity contribution in [1.82, 2.24) is 9.97 Å². The van der Waals surface area contributed by atoms with Crippen molar-refractivity contribution in [2.45, 2.75) is 57.1 Å². The number of carboxylic acids is 1. The lowest BCUT2D eigenvalue weighted by Crippen LogP contribution is -2.30. The first-order valence-corrected chi connectivity index (χ1v) is 13.1. The number of sulfonamides is 1. The van der Waals surface area contributed by atoms with E-state index in [2.05, 4.69) is 14.7 Å². The molecule has 1 unspecified atom stereocenters. The van der Waals surface area contributed by atoms with Gasteiger partial charge in [0.2, 0.25) is 11.8 Å².